The number of amides is 3. The zero-order valence-corrected chi connectivity index (χ0v) is 21.5. The number of hydrogen-bond donors (Lipinski definition) is 3. The number of halogens is 1. The average Bonchev–Trinajstić information content (AvgIpc) is 2.85. The SMILES string of the molecule is CC(C)(C)OC(=O)N[C@@H](C(=O)NC(C(=O)N=C(N)c1ccccc1)c1cccc(Cl)c1)c1ccccc1. The molecule has 37 heavy (non-hydrogen) atoms. The fourth-order valence-electron chi connectivity index (χ4n) is 3.43. The molecule has 3 rings (SSSR count). The zero-order chi connectivity index (χ0) is 27.0. The van der Waals surface area contributed by atoms with E-state index in [1.54, 1.807) is 99.6 Å². The van der Waals surface area contributed by atoms with Crippen LogP contribution in [0.15, 0.2) is 89.9 Å². The van der Waals surface area contributed by atoms with Crippen LogP contribution in [0.3, 0.4) is 0 Å². The van der Waals surface area contributed by atoms with Gasteiger partial charge in [0.05, 0.1) is 0 Å². The summed E-state index contributed by atoms with van der Waals surface area (Å²) >= 11 is 6.16. The molecule has 4 N–H and O–H groups in total. The van der Waals surface area contributed by atoms with Gasteiger partial charge in [-0.25, -0.2) is 4.79 Å². The molecule has 192 valence electrons. The van der Waals surface area contributed by atoms with Gasteiger partial charge in [-0.15, -0.1) is 0 Å². The lowest BCUT2D eigenvalue weighted by Crippen LogP contribution is -2.44. The molecule has 0 aliphatic rings. The molecule has 0 aromatic heterocycles. The Morgan fingerprint density at radius 2 is 1.43 bits per heavy atom. The van der Waals surface area contributed by atoms with E-state index in [0.29, 0.717) is 21.7 Å². The van der Waals surface area contributed by atoms with E-state index >= 15 is 0 Å². The Hall–Kier alpha value is -4.17. The van der Waals surface area contributed by atoms with Crippen molar-refractivity contribution in [3.8, 4) is 0 Å². The number of aliphatic imine (C=N–C) groups is 1. The fourth-order valence-corrected chi connectivity index (χ4v) is 3.63. The molecule has 1 unspecified atom stereocenters. The molecule has 0 fully saturated rings. The van der Waals surface area contributed by atoms with E-state index in [4.69, 9.17) is 22.1 Å². The number of carbonyl (C=O) groups is 3. The Bertz CT molecular complexity index is 1270. The van der Waals surface area contributed by atoms with E-state index in [1.165, 1.54) is 0 Å². The summed E-state index contributed by atoms with van der Waals surface area (Å²) in [6, 6.07) is 21.5. The topological polar surface area (TPSA) is 123 Å². The molecule has 3 aromatic rings. The van der Waals surface area contributed by atoms with Crippen molar-refractivity contribution in [2.45, 2.75) is 38.5 Å². The lowest BCUT2D eigenvalue weighted by Gasteiger charge is -2.25. The van der Waals surface area contributed by atoms with Gasteiger partial charge in [0.2, 0.25) is 5.91 Å². The fraction of sp³-hybridized carbons (Fsp3) is 0.214. The number of benzene rings is 3. The van der Waals surface area contributed by atoms with Crippen molar-refractivity contribution >= 4 is 35.3 Å². The predicted octanol–water partition coefficient (Wildman–Crippen LogP) is 4.70. The van der Waals surface area contributed by atoms with E-state index in [0.717, 1.165) is 0 Å². The first-order valence-corrected chi connectivity index (χ1v) is 11.9. The third-order valence-corrected chi connectivity index (χ3v) is 5.31. The molecule has 0 aliphatic carbocycles. The van der Waals surface area contributed by atoms with Gasteiger partial charge >= 0.3 is 6.09 Å². The maximum absolute atomic E-state index is 13.5. The van der Waals surface area contributed by atoms with E-state index < -0.39 is 35.6 Å². The van der Waals surface area contributed by atoms with Gasteiger partial charge in [0.1, 0.15) is 23.5 Å². The Balaban J connectivity index is 1.94. The van der Waals surface area contributed by atoms with Crippen molar-refractivity contribution in [2.75, 3.05) is 0 Å². The summed E-state index contributed by atoms with van der Waals surface area (Å²) in [6.07, 6.45) is -0.784. The van der Waals surface area contributed by atoms with Crippen molar-refractivity contribution in [1.82, 2.24) is 10.6 Å². The van der Waals surface area contributed by atoms with Gasteiger partial charge in [-0.2, -0.15) is 4.99 Å². The lowest BCUT2D eigenvalue weighted by atomic mass is 10.0. The molecule has 0 saturated heterocycles. The first kappa shape index (κ1) is 27.4. The summed E-state index contributed by atoms with van der Waals surface area (Å²) in [6.45, 7) is 5.15. The van der Waals surface area contributed by atoms with Crippen LogP contribution in [0.1, 0.15) is 49.5 Å². The Morgan fingerprint density at radius 3 is 2.03 bits per heavy atom. The van der Waals surface area contributed by atoms with Gasteiger partial charge in [0.25, 0.3) is 5.91 Å². The van der Waals surface area contributed by atoms with Gasteiger partial charge in [0, 0.05) is 10.6 Å². The van der Waals surface area contributed by atoms with E-state index in [2.05, 4.69) is 15.6 Å². The number of nitrogens with zero attached hydrogens (tertiary/aromatic N) is 1. The van der Waals surface area contributed by atoms with Gasteiger partial charge < -0.3 is 21.1 Å². The highest BCUT2D eigenvalue weighted by Crippen LogP contribution is 2.22. The Kier molecular flexibility index (Phi) is 9.03. The summed E-state index contributed by atoms with van der Waals surface area (Å²) in [5.74, 6) is -1.36. The molecule has 0 bridgehead atoms. The van der Waals surface area contributed by atoms with Gasteiger partial charge in [-0.1, -0.05) is 84.4 Å². The number of nitrogens with one attached hydrogen (secondary N) is 2. The zero-order valence-electron chi connectivity index (χ0n) is 20.8. The predicted molar refractivity (Wildman–Crippen MR) is 143 cm³/mol. The van der Waals surface area contributed by atoms with Crippen molar-refractivity contribution in [3.63, 3.8) is 0 Å². The number of rotatable bonds is 7. The number of ether oxygens (including phenoxy) is 1. The Labute approximate surface area is 220 Å². The third-order valence-electron chi connectivity index (χ3n) is 5.07. The average molecular weight is 521 g/mol. The quantitative estimate of drug-likeness (QED) is 0.308. The van der Waals surface area contributed by atoms with Crippen LogP contribution in [0, 0.1) is 0 Å². The maximum atomic E-state index is 13.5. The van der Waals surface area contributed by atoms with Gasteiger partial charge in [0.15, 0.2) is 0 Å². The number of carbonyl (C=O) groups excluding carboxylic acids is 3. The minimum Gasteiger partial charge on any atom is -0.444 e. The molecule has 0 aliphatic heterocycles. The summed E-state index contributed by atoms with van der Waals surface area (Å²) in [5.41, 5.74) is 6.75. The van der Waals surface area contributed by atoms with Crippen molar-refractivity contribution in [2.24, 2.45) is 10.7 Å². The second kappa shape index (κ2) is 12.2. The van der Waals surface area contributed by atoms with Crippen LogP contribution >= 0.6 is 11.6 Å². The molecule has 0 radical (unpaired) electrons. The highest BCUT2D eigenvalue weighted by Gasteiger charge is 2.30. The number of hydrogen-bond acceptors (Lipinski definition) is 4. The second-order valence-corrected chi connectivity index (χ2v) is 9.62. The van der Waals surface area contributed by atoms with Gasteiger partial charge in [-0.3, -0.25) is 9.59 Å². The number of nitrogens with two attached hydrogens (primary N) is 1. The highest BCUT2D eigenvalue weighted by atomic mass is 35.5. The molecule has 0 heterocycles. The van der Waals surface area contributed by atoms with Crippen LogP contribution in [0.4, 0.5) is 4.79 Å². The number of alkyl carbamates (subject to hydrolysis) is 1. The summed E-state index contributed by atoms with van der Waals surface area (Å²) in [4.78, 5) is 43.4. The molecule has 9 heteroatoms. The van der Waals surface area contributed by atoms with Crippen molar-refractivity contribution < 1.29 is 19.1 Å². The van der Waals surface area contributed by atoms with Crippen LogP contribution < -0.4 is 16.4 Å². The molecule has 8 nitrogen and oxygen atoms in total. The second-order valence-electron chi connectivity index (χ2n) is 9.19. The lowest BCUT2D eigenvalue weighted by molar-refractivity contribution is -0.128. The molecule has 3 amide bonds. The monoisotopic (exact) mass is 520 g/mol. The first-order chi connectivity index (χ1) is 17.5. The largest absolute Gasteiger partial charge is 0.444 e. The van der Waals surface area contributed by atoms with E-state index in [1.807, 2.05) is 6.07 Å². The van der Waals surface area contributed by atoms with Crippen LogP contribution in [0.25, 0.3) is 0 Å². The van der Waals surface area contributed by atoms with E-state index in [-0.39, 0.29) is 5.84 Å². The maximum Gasteiger partial charge on any atom is 0.408 e. The summed E-state index contributed by atoms with van der Waals surface area (Å²) in [7, 11) is 0. The van der Waals surface area contributed by atoms with Crippen LogP contribution in [0.2, 0.25) is 5.02 Å². The van der Waals surface area contributed by atoms with Crippen LogP contribution in [-0.4, -0.2) is 29.3 Å². The smallest absolute Gasteiger partial charge is 0.408 e. The first-order valence-electron chi connectivity index (χ1n) is 11.6. The summed E-state index contributed by atoms with van der Waals surface area (Å²) in [5, 5.41) is 5.67. The highest BCUT2D eigenvalue weighted by molar-refractivity contribution is 6.30. The van der Waals surface area contributed by atoms with Crippen molar-refractivity contribution in [3.05, 3.63) is 107 Å². The molecular weight excluding hydrogens is 492 g/mol. The molecule has 2 atom stereocenters. The van der Waals surface area contributed by atoms with Gasteiger partial charge in [-0.05, 0) is 44.0 Å². The number of amidine groups is 1. The molecule has 0 saturated carbocycles. The summed E-state index contributed by atoms with van der Waals surface area (Å²) < 4.78 is 5.34. The standard InChI is InChI=1S/C28H29ClN4O4/c1-28(2,3)37-27(36)32-22(18-11-6-4-7-12-18)25(34)31-23(20-15-10-16-21(29)17-20)26(35)33-24(30)19-13-8-5-9-14-19/h4-17,22-23H,1-3H3,(H,31,34)(H,32,36)(H2,30,33,35)/t22-,23?/m1/s1. The molecule has 0 spiro atoms. The Morgan fingerprint density at radius 1 is 0.838 bits per heavy atom. The van der Waals surface area contributed by atoms with E-state index in [9.17, 15) is 14.4 Å². The minimum atomic E-state index is -1.22. The molecular formula is C28H29ClN4O4. The van der Waals surface area contributed by atoms with Crippen LogP contribution in [-0.2, 0) is 14.3 Å². The van der Waals surface area contributed by atoms with Crippen LogP contribution in [0.5, 0.6) is 0 Å². The third kappa shape index (κ3) is 8.18. The van der Waals surface area contributed by atoms with Crippen molar-refractivity contribution in [1.29, 1.82) is 0 Å². The normalized spacial score (nSPS) is 13.2. The minimum absolute atomic E-state index is 0.00151. The molecule has 3 aromatic carbocycles.